The molecule has 0 unspecified atom stereocenters. The number of carbonyl (C=O) groups excluding carboxylic acids is 1. The maximum atomic E-state index is 12.3. The molecule has 18 heavy (non-hydrogen) atoms. The molecule has 0 spiro atoms. The third-order valence-corrected chi connectivity index (χ3v) is 3.54. The van der Waals surface area contributed by atoms with Gasteiger partial charge in [0.2, 0.25) is 0 Å². The normalized spacial score (nSPS) is 11.6. The van der Waals surface area contributed by atoms with Crippen LogP contribution in [0.2, 0.25) is 0 Å². The van der Waals surface area contributed by atoms with E-state index < -0.39 is 0 Å². The van der Waals surface area contributed by atoms with E-state index in [1.807, 2.05) is 24.3 Å². The van der Waals surface area contributed by atoms with Crippen LogP contribution >= 0.6 is 15.9 Å². The first-order chi connectivity index (χ1) is 8.41. The highest BCUT2D eigenvalue weighted by Gasteiger charge is 2.17. The summed E-state index contributed by atoms with van der Waals surface area (Å²) in [5, 5.41) is 0. The fraction of sp³-hybridized carbons (Fsp3) is 0.533. The van der Waals surface area contributed by atoms with Crippen LogP contribution in [0.15, 0.2) is 28.7 Å². The van der Waals surface area contributed by atoms with Gasteiger partial charge in [0, 0.05) is 22.6 Å². The van der Waals surface area contributed by atoms with Crippen LogP contribution in [-0.4, -0.2) is 29.8 Å². The molecule has 0 aromatic heterocycles. The van der Waals surface area contributed by atoms with Gasteiger partial charge < -0.3 is 0 Å². The molecule has 1 aromatic carbocycles. The molecule has 0 aliphatic rings. The Kier molecular flexibility index (Phi) is 6.03. The number of nitrogens with zero attached hydrogens (tertiary/aromatic N) is 1. The van der Waals surface area contributed by atoms with Gasteiger partial charge in [-0.2, -0.15) is 0 Å². The van der Waals surface area contributed by atoms with Gasteiger partial charge in [0.1, 0.15) is 0 Å². The fourth-order valence-corrected chi connectivity index (χ4v) is 2.39. The van der Waals surface area contributed by atoms with Gasteiger partial charge in [-0.15, -0.1) is 0 Å². The minimum atomic E-state index is 0.178. The van der Waals surface area contributed by atoms with Gasteiger partial charge in [-0.1, -0.05) is 48.0 Å². The molecule has 0 saturated heterocycles. The van der Waals surface area contributed by atoms with Crippen molar-refractivity contribution in [2.45, 2.75) is 33.7 Å². The second kappa shape index (κ2) is 7.05. The SMILES string of the molecule is CC(C)CN(CC(=O)c1ccccc1Br)C(C)C. The van der Waals surface area contributed by atoms with Gasteiger partial charge in [-0.25, -0.2) is 0 Å². The van der Waals surface area contributed by atoms with Crippen LogP contribution in [0, 0.1) is 5.92 Å². The van der Waals surface area contributed by atoms with E-state index in [1.165, 1.54) is 0 Å². The average molecular weight is 312 g/mol. The van der Waals surface area contributed by atoms with Gasteiger partial charge in [-0.05, 0) is 25.8 Å². The predicted molar refractivity (Wildman–Crippen MR) is 80.0 cm³/mol. The van der Waals surface area contributed by atoms with Crippen molar-refractivity contribution in [3.8, 4) is 0 Å². The molecule has 0 atom stereocenters. The summed E-state index contributed by atoms with van der Waals surface area (Å²) in [5.41, 5.74) is 0.770. The Morgan fingerprint density at radius 2 is 1.83 bits per heavy atom. The van der Waals surface area contributed by atoms with E-state index in [-0.39, 0.29) is 5.78 Å². The number of hydrogen-bond donors (Lipinski definition) is 0. The number of ketones is 1. The van der Waals surface area contributed by atoms with E-state index in [0.717, 1.165) is 16.6 Å². The van der Waals surface area contributed by atoms with Crippen LogP contribution in [0.5, 0.6) is 0 Å². The molecule has 0 aliphatic heterocycles. The summed E-state index contributed by atoms with van der Waals surface area (Å²) in [6.45, 7) is 10.1. The molecule has 0 aliphatic carbocycles. The molecular formula is C15H22BrNO. The average Bonchev–Trinajstić information content (AvgIpc) is 2.27. The van der Waals surface area contributed by atoms with E-state index in [1.54, 1.807) is 0 Å². The molecule has 1 rings (SSSR count). The number of halogens is 1. The molecule has 0 radical (unpaired) electrons. The lowest BCUT2D eigenvalue weighted by atomic mass is 10.1. The van der Waals surface area contributed by atoms with Crippen molar-refractivity contribution in [1.29, 1.82) is 0 Å². The fourth-order valence-electron chi connectivity index (χ4n) is 1.88. The maximum Gasteiger partial charge on any atom is 0.177 e. The quantitative estimate of drug-likeness (QED) is 0.740. The Bertz CT molecular complexity index is 401. The zero-order chi connectivity index (χ0) is 13.7. The molecular weight excluding hydrogens is 290 g/mol. The second-order valence-corrected chi connectivity index (χ2v) is 6.17. The van der Waals surface area contributed by atoms with Crippen LogP contribution in [0.1, 0.15) is 38.1 Å². The molecule has 0 fully saturated rings. The Balaban J connectivity index is 2.76. The smallest absolute Gasteiger partial charge is 0.177 e. The highest BCUT2D eigenvalue weighted by molar-refractivity contribution is 9.10. The summed E-state index contributed by atoms with van der Waals surface area (Å²) >= 11 is 3.44. The van der Waals surface area contributed by atoms with Gasteiger partial charge in [0.25, 0.3) is 0 Å². The Morgan fingerprint density at radius 3 is 2.33 bits per heavy atom. The summed E-state index contributed by atoms with van der Waals surface area (Å²) in [5.74, 6) is 0.747. The summed E-state index contributed by atoms with van der Waals surface area (Å²) in [4.78, 5) is 14.5. The molecule has 0 saturated carbocycles. The van der Waals surface area contributed by atoms with E-state index in [9.17, 15) is 4.79 Å². The van der Waals surface area contributed by atoms with E-state index in [4.69, 9.17) is 0 Å². The first kappa shape index (κ1) is 15.4. The third kappa shape index (κ3) is 4.54. The minimum absolute atomic E-state index is 0.178. The zero-order valence-electron chi connectivity index (χ0n) is 11.6. The summed E-state index contributed by atoms with van der Waals surface area (Å²) < 4.78 is 0.878. The maximum absolute atomic E-state index is 12.3. The Morgan fingerprint density at radius 1 is 1.22 bits per heavy atom. The van der Waals surface area contributed by atoms with Gasteiger partial charge >= 0.3 is 0 Å². The van der Waals surface area contributed by atoms with E-state index >= 15 is 0 Å². The van der Waals surface area contributed by atoms with Crippen LogP contribution in [-0.2, 0) is 0 Å². The topological polar surface area (TPSA) is 20.3 Å². The van der Waals surface area contributed by atoms with Crippen molar-refractivity contribution in [2.75, 3.05) is 13.1 Å². The zero-order valence-corrected chi connectivity index (χ0v) is 13.2. The van der Waals surface area contributed by atoms with Crippen molar-refractivity contribution in [3.05, 3.63) is 34.3 Å². The standard InChI is InChI=1S/C15H22BrNO/c1-11(2)9-17(12(3)4)10-15(18)13-7-5-6-8-14(13)16/h5-8,11-12H,9-10H2,1-4H3. The highest BCUT2D eigenvalue weighted by atomic mass is 79.9. The molecule has 100 valence electrons. The number of Topliss-reactive ketones (excluding diaryl/α,β-unsaturated/α-hetero) is 1. The van der Waals surface area contributed by atoms with Crippen molar-refractivity contribution >= 4 is 21.7 Å². The Labute approximate surface area is 119 Å². The predicted octanol–water partition coefficient (Wildman–Crippen LogP) is 4.00. The van der Waals surface area contributed by atoms with Crippen molar-refractivity contribution in [3.63, 3.8) is 0 Å². The van der Waals surface area contributed by atoms with E-state index in [0.29, 0.717) is 18.5 Å². The van der Waals surface area contributed by atoms with Gasteiger partial charge in [-0.3, -0.25) is 9.69 Å². The largest absolute Gasteiger partial charge is 0.293 e. The molecule has 0 heterocycles. The third-order valence-electron chi connectivity index (χ3n) is 2.85. The summed E-state index contributed by atoms with van der Waals surface area (Å²) in [6, 6.07) is 8.00. The lowest BCUT2D eigenvalue weighted by molar-refractivity contribution is 0.0892. The van der Waals surface area contributed by atoms with Gasteiger partial charge in [0.15, 0.2) is 5.78 Å². The molecule has 3 heteroatoms. The molecule has 0 bridgehead atoms. The number of rotatable bonds is 6. The molecule has 0 N–H and O–H groups in total. The minimum Gasteiger partial charge on any atom is -0.293 e. The highest BCUT2D eigenvalue weighted by Crippen LogP contribution is 2.17. The number of hydrogen-bond acceptors (Lipinski definition) is 2. The lowest BCUT2D eigenvalue weighted by Crippen LogP contribution is -2.38. The number of benzene rings is 1. The van der Waals surface area contributed by atoms with Crippen LogP contribution in [0.4, 0.5) is 0 Å². The molecule has 1 aromatic rings. The first-order valence-corrected chi connectivity index (χ1v) is 7.23. The van der Waals surface area contributed by atoms with Crippen LogP contribution < -0.4 is 0 Å². The van der Waals surface area contributed by atoms with Crippen molar-refractivity contribution in [2.24, 2.45) is 5.92 Å². The monoisotopic (exact) mass is 311 g/mol. The summed E-state index contributed by atoms with van der Waals surface area (Å²) in [7, 11) is 0. The number of carbonyl (C=O) groups is 1. The van der Waals surface area contributed by atoms with E-state index in [2.05, 4.69) is 48.5 Å². The molecule has 2 nitrogen and oxygen atoms in total. The molecule has 0 amide bonds. The van der Waals surface area contributed by atoms with Crippen LogP contribution in [0.25, 0.3) is 0 Å². The second-order valence-electron chi connectivity index (χ2n) is 5.32. The lowest BCUT2D eigenvalue weighted by Gasteiger charge is -2.27. The first-order valence-electron chi connectivity index (χ1n) is 6.43. The Hall–Kier alpha value is -0.670. The van der Waals surface area contributed by atoms with Crippen LogP contribution in [0.3, 0.4) is 0 Å². The van der Waals surface area contributed by atoms with Crippen molar-refractivity contribution < 1.29 is 4.79 Å². The van der Waals surface area contributed by atoms with Crippen molar-refractivity contribution in [1.82, 2.24) is 4.90 Å². The van der Waals surface area contributed by atoms with Gasteiger partial charge in [0.05, 0.1) is 6.54 Å². The summed E-state index contributed by atoms with van der Waals surface area (Å²) in [6.07, 6.45) is 0.